The Hall–Kier alpha value is -2.87. The Balaban J connectivity index is 1.44. The largest absolute Gasteiger partial charge is 0.416 e. The van der Waals surface area contributed by atoms with Gasteiger partial charge in [-0.05, 0) is 60.7 Å². The van der Waals surface area contributed by atoms with E-state index < -0.39 is 17.3 Å². The van der Waals surface area contributed by atoms with Crippen LogP contribution in [0.15, 0.2) is 42.5 Å². The van der Waals surface area contributed by atoms with Crippen LogP contribution in [0.5, 0.6) is 0 Å². The van der Waals surface area contributed by atoms with Crippen molar-refractivity contribution in [3.05, 3.63) is 59.2 Å². The van der Waals surface area contributed by atoms with Gasteiger partial charge in [-0.2, -0.15) is 13.2 Å². The predicted octanol–water partition coefficient (Wildman–Crippen LogP) is 3.49. The summed E-state index contributed by atoms with van der Waals surface area (Å²) in [6, 6.07) is 10.4. The minimum Gasteiger partial charge on any atom is -0.380 e. The highest BCUT2D eigenvalue weighted by Gasteiger charge is 2.50. The number of carbonyl (C=O) groups excluding carboxylic acids is 2. The number of piperazine rings is 1. The van der Waals surface area contributed by atoms with Crippen LogP contribution < -0.4 is 0 Å². The molecule has 164 valence electrons. The third-order valence-corrected chi connectivity index (χ3v) is 5.85. The maximum Gasteiger partial charge on any atom is 0.416 e. The summed E-state index contributed by atoms with van der Waals surface area (Å²) >= 11 is 0. The molecule has 1 saturated carbocycles. The van der Waals surface area contributed by atoms with Gasteiger partial charge in [0.25, 0.3) is 11.8 Å². The van der Waals surface area contributed by atoms with E-state index in [4.69, 9.17) is 0 Å². The Morgan fingerprint density at radius 3 is 2.03 bits per heavy atom. The van der Waals surface area contributed by atoms with E-state index in [9.17, 15) is 27.9 Å². The highest BCUT2D eigenvalue weighted by molar-refractivity contribution is 5.95. The van der Waals surface area contributed by atoms with Crippen molar-refractivity contribution in [2.45, 2.75) is 31.5 Å². The summed E-state index contributed by atoms with van der Waals surface area (Å²) in [6.45, 7) is 3.09. The van der Waals surface area contributed by atoms with Crippen LogP contribution in [0.1, 0.15) is 34.3 Å². The van der Waals surface area contributed by atoms with Gasteiger partial charge in [-0.15, -0.1) is 0 Å². The van der Waals surface area contributed by atoms with E-state index in [0.29, 0.717) is 61.3 Å². The molecule has 2 aliphatic rings. The van der Waals surface area contributed by atoms with Gasteiger partial charge in [0.05, 0.1) is 5.56 Å². The second-order valence-corrected chi connectivity index (χ2v) is 8.28. The second kappa shape index (κ2) is 7.67. The van der Waals surface area contributed by atoms with Crippen LogP contribution in [0.25, 0.3) is 11.1 Å². The molecule has 1 N–H and O–H groups in total. The van der Waals surface area contributed by atoms with Crippen molar-refractivity contribution in [3.63, 3.8) is 0 Å². The minimum absolute atomic E-state index is 0.191. The molecule has 4 rings (SSSR count). The van der Waals surface area contributed by atoms with Gasteiger partial charge in [-0.1, -0.05) is 18.2 Å². The fraction of sp³-hybridized carbons (Fsp3) is 0.391. The number of alkyl halides is 3. The van der Waals surface area contributed by atoms with Crippen molar-refractivity contribution in [2.24, 2.45) is 0 Å². The van der Waals surface area contributed by atoms with Crippen LogP contribution in [-0.4, -0.2) is 58.5 Å². The van der Waals surface area contributed by atoms with Gasteiger partial charge in [-0.25, -0.2) is 0 Å². The van der Waals surface area contributed by atoms with Crippen LogP contribution in [-0.2, 0) is 11.0 Å². The van der Waals surface area contributed by atoms with Crippen LogP contribution >= 0.6 is 0 Å². The van der Waals surface area contributed by atoms with Crippen molar-refractivity contribution >= 4 is 11.8 Å². The summed E-state index contributed by atoms with van der Waals surface area (Å²) < 4.78 is 39.3. The van der Waals surface area contributed by atoms with Crippen molar-refractivity contribution in [3.8, 4) is 11.1 Å². The first kappa shape index (κ1) is 21.4. The summed E-state index contributed by atoms with van der Waals surface area (Å²) in [5, 5.41) is 9.97. The van der Waals surface area contributed by atoms with Crippen molar-refractivity contribution in [1.82, 2.24) is 9.80 Å². The zero-order valence-electron chi connectivity index (χ0n) is 17.1. The van der Waals surface area contributed by atoms with E-state index in [2.05, 4.69) is 0 Å². The van der Waals surface area contributed by atoms with E-state index in [-0.39, 0.29) is 11.8 Å². The third kappa shape index (κ3) is 4.44. The topological polar surface area (TPSA) is 60.9 Å². The van der Waals surface area contributed by atoms with Crippen LogP contribution in [0.2, 0.25) is 0 Å². The van der Waals surface area contributed by atoms with E-state index in [0.717, 1.165) is 12.1 Å². The summed E-state index contributed by atoms with van der Waals surface area (Å²) in [5.41, 5.74) is 0.0755. The molecule has 2 aromatic rings. The van der Waals surface area contributed by atoms with Gasteiger partial charge in [-0.3, -0.25) is 9.59 Å². The van der Waals surface area contributed by atoms with E-state index in [1.165, 1.54) is 0 Å². The first-order chi connectivity index (χ1) is 14.6. The lowest BCUT2D eigenvalue weighted by molar-refractivity contribution is -0.144. The SMILES string of the molecule is Cc1cc(-c2ccc(C(=O)N3CCN(C(=O)C4(O)CC4)CC3)cc2)cc(C(F)(F)F)c1. The molecule has 1 saturated heterocycles. The zero-order chi connectivity index (χ0) is 22.4. The molecular weight excluding hydrogens is 409 g/mol. The highest BCUT2D eigenvalue weighted by atomic mass is 19.4. The highest BCUT2D eigenvalue weighted by Crippen LogP contribution is 2.37. The molecule has 5 nitrogen and oxygen atoms in total. The maximum atomic E-state index is 13.1. The molecule has 8 heteroatoms. The quantitative estimate of drug-likeness (QED) is 0.808. The van der Waals surface area contributed by atoms with Crippen molar-refractivity contribution in [1.29, 1.82) is 0 Å². The van der Waals surface area contributed by atoms with E-state index in [1.807, 2.05) is 0 Å². The van der Waals surface area contributed by atoms with E-state index >= 15 is 0 Å². The summed E-state index contributed by atoms with van der Waals surface area (Å²) in [7, 11) is 0. The van der Waals surface area contributed by atoms with Crippen molar-refractivity contribution in [2.75, 3.05) is 26.2 Å². The minimum atomic E-state index is -4.42. The fourth-order valence-electron chi connectivity index (χ4n) is 3.84. The fourth-order valence-corrected chi connectivity index (χ4v) is 3.84. The molecule has 0 radical (unpaired) electrons. The predicted molar refractivity (Wildman–Crippen MR) is 108 cm³/mol. The molecule has 2 amide bonds. The van der Waals surface area contributed by atoms with Gasteiger partial charge >= 0.3 is 6.18 Å². The number of amides is 2. The lowest BCUT2D eigenvalue weighted by atomic mass is 9.99. The van der Waals surface area contributed by atoms with Crippen LogP contribution in [0.3, 0.4) is 0 Å². The zero-order valence-corrected chi connectivity index (χ0v) is 17.1. The Morgan fingerprint density at radius 2 is 1.48 bits per heavy atom. The molecule has 1 heterocycles. The Bertz CT molecular complexity index is 1010. The molecule has 0 atom stereocenters. The normalized spacial score (nSPS) is 18.1. The maximum absolute atomic E-state index is 13.1. The Labute approximate surface area is 178 Å². The molecule has 0 unspecified atom stereocenters. The summed E-state index contributed by atoms with van der Waals surface area (Å²) in [6.07, 6.45) is -3.44. The average Bonchev–Trinajstić information content (AvgIpc) is 3.50. The number of hydrogen-bond acceptors (Lipinski definition) is 3. The van der Waals surface area contributed by atoms with Gasteiger partial charge in [0, 0.05) is 31.7 Å². The standard InChI is InChI=1S/C23H23F3N2O3/c1-15-12-18(14-19(13-15)23(24,25)26)16-2-4-17(5-3-16)20(29)27-8-10-28(11-9-27)21(30)22(31)6-7-22/h2-5,12-14,31H,6-11H2,1H3. The molecule has 0 spiro atoms. The van der Waals surface area contributed by atoms with Gasteiger partial charge in [0.2, 0.25) is 0 Å². The smallest absolute Gasteiger partial charge is 0.380 e. The molecule has 2 fully saturated rings. The van der Waals surface area contributed by atoms with Gasteiger partial charge in [0.15, 0.2) is 0 Å². The molecular formula is C23H23F3N2O3. The van der Waals surface area contributed by atoms with Gasteiger partial charge < -0.3 is 14.9 Å². The van der Waals surface area contributed by atoms with Crippen LogP contribution in [0, 0.1) is 6.92 Å². The Kier molecular flexibility index (Phi) is 5.29. The molecule has 2 aromatic carbocycles. The lowest BCUT2D eigenvalue weighted by Crippen LogP contribution is -2.53. The molecule has 0 aromatic heterocycles. The second-order valence-electron chi connectivity index (χ2n) is 8.28. The summed E-state index contributed by atoms with van der Waals surface area (Å²) in [5.74, 6) is -0.454. The first-order valence-electron chi connectivity index (χ1n) is 10.2. The third-order valence-electron chi connectivity index (χ3n) is 5.85. The number of hydrogen-bond donors (Lipinski definition) is 1. The number of aliphatic hydroxyl groups is 1. The van der Waals surface area contributed by atoms with Crippen LogP contribution in [0.4, 0.5) is 13.2 Å². The Morgan fingerprint density at radius 1 is 0.903 bits per heavy atom. The number of aryl methyl sites for hydroxylation is 1. The number of rotatable bonds is 3. The number of benzene rings is 2. The molecule has 1 aliphatic carbocycles. The van der Waals surface area contributed by atoms with E-state index in [1.54, 1.807) is 47.1 Å². The van der Waals surface area contributed by atoms with Gasteiger partial charge in [0.1, 0.15) is 5.60 Å². The molecule has 31 heavy (non-hydrogen) atoms. The number of halogens is 3. The number of nitrogens with zero attached hydrogens (tertiary/aromatic N) is 2. The number of carbonyl (C=O) groups is 2. The molecule has 0 bridgehead atoms. The average molecular weight is 432 g/mol. The lowest BCUT2D eigenvalue weighted by Gasteiger charge is -2.35. The van der Waals surface area contributed by atoms with Crippen molar-refractivity contribution < 1.29 is 27.9 Å². The first-order valence-corrected chi connectivity index (χ1v) is 10.2. The molecule has 1 aliphatic heterocycles. The summed E-state index contributed by atoms with van der Waals surface area (Å²) in [4.78, 5) is 28.2. The monoisotopic (exact) mass is 432 g/mol.